The van der Waals surface area contributed by atoms with Gasteiger partial charge in [0.25, 0.3) is 0 Å². The van der Waals surface area contributed by atoms with Gasteiger partial charge in [0, 0.05) is 18.3 Å². The van der Waals surface area contributed by atoms with Crippen molar-refractivity contribution in [3.63, 3.8) is 0 Å². The van der Waals surface area contributed by atoms with Gasteiger partial charge in [-0.05, 0) is 26.7 Å². The molecule has 106 valence electrons. The zero-order valence-electron chi connectivity index (χ0n) is 11.9. The SMILES string of the molecule is Cc1nn(C)c(C)c1CC(=O)N[C@@H]1CCCC[C@H]1O. The lowest BCUT2D eigenvalue weighted by molar-refractivity contribution is -0.122. The maximum Gasteiger partial charge on any atom is 0.224 e. The number of carbonyl (C=O) groups excluding carboxylic acids is 1. The summed E-state index contributed by atoms with van der Waals surface area (Å²) in [6.07, 6.45) is 3.73. The zero-order valence-corrected chi connectivity index (χ0v) is 11.9. The van der Waals surface area contributed by atoms with Crippen molar-refractivity contribution in [1.29, 1.82) is 0 Å². The molecule has 1 aromatic heterocycles. The molecule has 1 aliphatic rings. The van der Waals surface area contributed by atoms with Gasteiger partial charge in [0.1, 0.15) is 0 Å². The maximum absolute atomic E-state index is 12.1. The van der Waals surface area contributed by atoms with Gasteiger partial charge >= 0.3 is 0 Å². The van der Waals surface area contributed by atoms with E-state index in [1.807, 2.05) is 20.9 Å². The average Bonchev–Trinajstić information content (AvgIpc) is 2.59. The largest absolute Gasteiger partial charge is 0.391 e. The smallest absolute Gasteiger partial charge is 0.224 e. The molecule has 2 N–H and O–H groups in total. The van der Waals surface area contributed by atoms with Gasteiger partial charge in [0.15, 0.2) is 0 Å². The normalized spacial score (nSPS) is 23.4. The van der Waals surface area contributed by atoms with Crippen LogP contribution in [-0.2, 0) is 18.3 Å². The molecule has 0 aromatic carbocycles. The fourth-order valence-electron chi connectivity index (χ4n) is 2.77. The third-order valence-electron chi connectivity index (χ3n) is 4.07. The Balaban J connectivity index is 1.97. The molecule has 0 spiro atoms. The Morgan fingerprint density at radius 1 is 1.42 bits per heavy atom. The molecule has 0 aliphatic heterocycles. The highest BCUT2D eigenvalue weighted by Crippen LogP contribution is 2.19. The van der Waals surface area contributed by atoms with Crippen LogP contribution in [0.1, 0.15) is 42.6 Å². The van der Waals surface area contributed by atoms with Crippen molar-refractivity contribution in [2.24, 2.45) is 7.05 Å². The van der Waals surface area contributed by atoms with Crippen molar-refractivity contribution < 1.29 is 9.90 Å². The second kappa shape index (κ2) is 5.74. The lowest BCUT2D eigenvalue weighted by Gasteiger charge is -2.28. The van der Waals surface area contributed by atoms with Crippen LogP contribution < -0.4 is 5.32 Å². The van der Waals surface area contributed by atoms with E-state index in [2.05, 4.69) is 10.4 Å². The zero-order chi connectivity index (χ0) is 14.0. The number of hydrogen-bond donors (Lipinski definition) is 2. The highest BCUT2D eigenvalue weighted by Gasteiger charge is 2.25. The first kappa shape index (κ1) is 14.1. The van der Waals surface area contributed by atoms with Crippen LogP contribution in [0.2, 0.25) is 0 Å². The second-order valence-electron chi connectivity index (χ2n) is 5.48. The summed E-state index contributed by atoms with van der Waals surface area (Å²) in [5, 5.41) is 17.1. The number of rotatable bonds is 3. The highest BCUT2D eigenvalue weighted by atomic mass is 16.3. The minimum absolute atomic E-state index is 0.0230. The number of hydrogen-bond acceptors (Lipinski definition) is 3. The van der Waals surface area contributed by atoms with Crippen LogP contribution >= 0.6 is 0 Å². The predicted molar refractivity (Wildman–Crippen MR) is 72.8 cm³/mol. The number of aliphatic hydroxyl groups is 1. The summed E-state index contributed by atoms with van der Waals surface area (Å²) in [7, 11) is 1.88. The van der Waals surface area contributed by atoms with Crippen LogP contribution in [-0.4, -0.2) is 32.9 Å². The molecule has 1 saturated carbocycles. The Morgan fingerprint density at radius 2 is 2.11 bits per heavy atom. The average molecular weight is 265 g/mol. The summed E-state index contributed by atoms with van der Waals surface area (Å²) in [5.41, 5.74) is 2.92. The number of aliphatic hydroxyl groups excluding tert-OH is 1. The van der Waals surface area contributed by atoms with E-state index < -0.39 is 6.10 Å². The van der Waals surface area contributed by atoms with Gasteiger partial charge in [0.05, 0.1) is 24.3 Å². The van der Waals surface area contributed by atoms with Gasteiger partial charge < -0.3 is 10.4 Å². The van der Waals surface area contributed by atoms with Crippen molar-refractivity contribution in [1.82, 2.24) is 15.1 Å². The lowest BCUT2D eigenvalue weighted by Crippen LogP contribution is -2.45. The minimum Gasteiger partial charge on any atom is -0.391 e. The van der Waals surface area contributed by atoms with Crippen LogP contribution in [0.15, 0.2) is 0 Å². The van der Waals surface area contributed by atoms with Crippen molar-refractivity contribution in [3.05, 3.63) is 17.0 Å². The standard InChI is InChI=1S/C14H23N3O2/c1-9-11(10(2)17(3)16-9)8-14(19)15-12-6-4-5-7-13(12)18/h12-13,18H,4-8H2,1-3H3,(H,15,19)/t12-,13-/m1/s1. The summed E-state index contributed by atoms with van der Waals surface area (Å²) >= 11 is 0. The molecule has 2 atom stereocenters. The third kappa shape index (κ3) is 3.15. The van der Waals surface area contributed by atoms with Gasteiger partial charge in [-0.25, -0.2) is 0 Å². The van der Waals surface area contributed by atoms with E-state index in [1.54, 1.807) is 4.68 Å². The van der Waals surface area contributed by atoms with E-state index in [0.717, 1.165) is 42.6 Å². The molecular weight excluding hydrogens is 242 g/mol. The number of nitrogens with one attached hydrogen (secondary N) is 1. The fourth-order valence-corrected chi connectivity index (χ4v) is 2.77. The Labute approximate surface area is 114 Å². The molecule has 1 aromatic rings. The van der Waals surface area contributed by atoms with Crippen LogP contribution in [0.25, 0.3) is 0 Å². The van der Waals surface area contributed by atoms with Crippen LogP contribution in [0.3, 0.4) is 0 Å². The molecule has 0 saturated heterocycles. The number of nitrogens with zero attached hydrogens (tertiary/aromatic N) is 2. The van der Waals surface area contributed by atoms with Crippen LogP contribution in [0.4, 0.5) is 0 Å². The van der Waals surface area contributed by atoms with Crippen molar-refractivity contribution in [2.75, 3.05) is 0 Å². The Kier molecular flexibility index (Phi) is 4.24. The molecule has 0 bridgehead atoms. The molecule has 5 nitrogen and oxygen atoms in total. The highest BCUT2D eigenvalue weighted by molar-refractivity contribution is 5.79. The molecule has 1 fully saturated rings. The molecule has 0 unspecified atom stereocenters. The Morgan fingerprint density at radius 3 is 2.68 bits per heavy atom. The summed E-state index contributed by atoms with van der Waals surface area (Å²) < 4.78 is 1.80. The molecule has 0 radical (unpaired) electrons. The van der Waals surface area contributed by atoms with E-state index in [9.17, 15) is 9.90 Å². The minimum atomic E-state index is -0.395. The van der Waals surface area contributed by atoms with Gasteiger partial charge in [-0.3, -0.25) is 9.48 Å². The Hall–Kier alpha value is -1.36. The molecule has 1 amide bonds. The molecule has 1 aliphatic carbocycles. The molecule has 19 heavy (non-hydrogen) atoms. The number of carbonyl (C=O) groups is 1. The Bertz CT molecular complexity index is 468. The molecule has 2 rings (SSSR count). The van der Waals surface area contributed by atoms with E-state index in [-0.39, 0.29) is 11.9 Å². The van der Waals surface area contributed by atoms with Crippen LogP contribution in [0.5, 0.6) is 0 Å². The monoisotopic (exact) mass is 265 g/mol. The molecule has 1 heterocycles. The molecular formula is C14H23N3O2. The summed E-state index contributed by atoms with van der Waals surface area (Å²) in [5.74, 6) is -0.0230. The third-order valence-corrected chi connectivity index (χ3v) is 4.07. The first-order valence-electron chi connectivity index (χ1n) is 6.95. The van der Waals surface area contributed by atoms with Gasteiger partial charge in [-0.1, -0.05) is 12.8 Å². The van der Waals surface area contributed by atoms with Crippen molar-refractivity contribution in [3.8, 4) is 0 Å². The van der Waals surface area contributed by atoms with Gasteiger partial charge in [-0.15, -0.1) is 0 Å². The lowest BCUT2D eigenvalue weighted by atomic mass is 9.92. The summed E-state index contributed by atoms with van der Waals surface area (Å²) in [6.45, 7) is 3.89. The van der Waals surface area contributed by atoms with Crippen LogP contribution in [0, 0.1) is 13.8 Å². The fraction of sp³-hybridized carbons (Fsp3) is 0.714. The summed E-state index contributed by atoms with van der Waals surface area (Å²) in [4.78, 5) is 12.1. The molecule has 5 heteroatoms. The number of amides is 1. The quantitative estimate of drug-likeness (QED) is 0.856. The first-order chi connectivity index (χ1) is 8.99. The van der Waals surface area contributed by atoms with Gasteiger partial charge in [-0.2, -0.15) is 5.10 Å². The van der Waals surface area contributed by atoms with E-state index in [4.69, 9.17) is 0 Å². The van der Waals surface area contributed by atoms with Crippen molar-refractivity contribution in [2.45, 2.75) is 58.1 Å². The topological polar surface area (TPSA) is 67.2 Å². The van der Waals surface area contributed by atoms with Gasteiger partial charge in [0.2, 0.25) is 5.91 Å². The first-order valence-corrected chi connectivity index (χ1v) is 6.95. The van der Waals surface area contributed by atoms with E-state index in [1.165, 1.54) is 0 Å². The van der Waals surface area contributed by atoms with Crippen molar-refractivity contribution >= 4 is 5.91 Å². The maximum atomic E-state index is 12.1. The second-order valence-corrected chi connectivity index (χ2v) is 5.48. The number of aromatic nitrogens is 2. The predicted octanol–water partition coefficient (Wildman–Crippen LogP) is 0.999. The number of aryl methyl sites for hydroxylation is 2. The summed E-state index contributed by atoms with van der Waals surface area (Å²) in [6, 6.07) is -0.0847. The van der Waals surface area contributed by atoms with E-state index in [0.29, 0.717) is 6.42 Å². The van der Waals surface area contributed by atoms with E-state index >= 15 is 0 Å².